The van der Waals surface area contributed by atoms with Gasteiger partial charge in [-0.25, -0.2) is 0 Å². The van der Waals surface area contributed by atoms with Crippen LogP contribution in [0, 0.1) is 11.8 Å². The fourth-order valence-electron chi connectivity index (χ4n) is 6.31. The minimum absolute atomic E-state index is 0. The van der Waals surface area contributed by atoms with Crippen molar-refractivity contribution in [1.29, 1.82) is 0 Å². The summed E-state index contributed by atoms with van der Waals surface area (Å²) in [6.07, 6.45) is 8.84. The summed E-state index contributed by atoms with van der Waals surface area (Å²) in [6, 6.07) is 32.2. The fraction of sp³-hybridized carbons (Fsp3) is 0.389. The zero-order chi connectivity index (χ0) is 27.4. The Morgan fingerprint density at radius 3 is 1.46 bits per heavy atom. The van der Waals surface area contributed by atoms with Crippen molar-refractivity contribution in [3.05, 3.63) is 131 Å². The molecule has 3 rings (SSSR count). The molecule has 0 saturated heterocycles. The normalized spacial score (nSPS) is 13.3. The number of hydrogen-bond acceptors (Lipinski definition) is 1. The van der Waals surface area contributed by atoms with Crippen LogP contribution in [0.2, 0.25) is 16.4 Å². The summed E-state index contributed by atoms with van der Waals surface area (Å²) in [5.74, 6) is 4.01. The first-order valence-corrected chi connectivity index (χ1v) is 18.2. The predicted molar refractivity (Wildman–Crippen MR) is 168 cm³/mol. The molecule has 0 radical (unpaired) electrons. The molecule has 0 aliphatic heterocycles. The fourth-order valence-corrected chi connectivity index (χ4v) is 11.9. The van der Waals surface area contributed by atoms with Crippen LogP contribution in [0.1, 0.15) is 64.2 Å². The molecule has 0 amide bonds. The van der Waals surface area contributed by atoms with E-state index in [2.05, 4.69) is 155 Å². The van der Waals surface area contributed by atoms with E-state index >= 15 is 0 Å². The molecular weight excluding hydrogens is 482 g/mol. The molecule has 3 aromatic carbocycles. The van der Waals surface area contributed by atoms with Crippen molar-refractivity contribution in [2.45, 2.75) is 75.5 Å². The third-order valence-corrected chi connectivity index (χ3v) is 12.6. The van der Waals surface area contributed by atoms with Gasteiger partial charge >= 0.3 is 18.9 Å². The summed E-state index contributed by atoms with van der Waals surface area (Å²) in [5, 5.41) is 2.67. The predicted octanol–water partition coefficient (Wildman–Crippen LogP) is 7.21. The molecule has 0 saturated carbocycles. The molecule has 0 fully saturated rings. The van der Waals surface area contributed by atoms with Gasteiger partial charge in [0.15, 0.2) is 13.1 Å². The third kappa shape index (κ3) is 9.68. The first-order valence-electron chi connectivity index (χ1n) is 14.7. The van der Waals surface area contributed by atoms with Crippen LogP contribution in [-0.4, -0.2) is 19.2 Å². The van der Waals surface area contributed by atoms with Crippen molar-refractivity contribution in [3.63, 3.8) is 0 Å². The average molecular weight is 531 g/mol. The second-order valence-corrected chi connectivity index (χ2v) is 17.3. The maximum Gasteiger partial charge on any atom is 1.00 e. The van der Waals surface area contributed by atoms with Crippen LogP contribution >= 0.6 is 0 Å². The summed E-state index contributed by atoms with van der Waals surface area (Å²) in [7, 11) is 0. The van der Waals surface area contributed by atoms with Crippen LogP contribution < -0.4 is 18.9 Å². The first-order chi connectivity index (χ1) is 18.3. The molecule has 0 aliphatic rings. The minimum Gasteiger partial charge on any atom is -0.353 e. The molecule has 1 nitrogen and oxygen atoms in total. The van der Waals surface area contributed by atoms with E-state index in [-0.39, 0.29) is 25.0 Å². The van der Waals surface area contributed by atoms with Gasteiger partial charge in [0.25, 0.3) is 0 Å². The van der Waals surface area contributed by atoms with Gasteiger partial charge in [-0.3, -0.25) is 4.94 Å². The third-order valence-electron chi connectivity index (χ3n) is 7.45. The van der Waals surface area contributed by atoms with Gasteiger partial charge in [0, 0.05) is 0 Å². The van der Waals surface area contributed by atoms with E-state index in [1.54, 1.807) is 0 Å². The standard InChI is InChI=1S/C27H27O.2C4H9.CH3.Al.Li/c1-3-5-9-22-26(4-2)28-27(23-16-10-6-11-17-23,24-18-12-7-13-19-24)25-20-14-8-15-21-25;2*1-4(2)3;;;/h2,4-21,26H,3,22H2,1H3;2*4H,1H2,2-3H3;1H3;;/q;;;;-1;+1/b4-2?,9-5-;;;;;. The van der Waals surface area contributed by atoms with Gasteiger partial charge < -0.3 is 4.74 Å². The molecule has 3 aromatic rings. The summed E-state index contributed by atoms with van der Waals surface area (Å²) in [6.45, 7) is 11.7. The van der Waals surface area contributed by atoms with Gasteiger partial charge in [0.2, 0.25) is 0 Å². The van der Waals surface area contributed by atoms with Gasteiger partial charge in [0.1, 0.15) is 5.60 Å². The van der Waals surface area contributed by atoms with E-state index in [0.717, 1.165) is 29.5 Å². The summed E-state index contributed by atoms with van der Waals surface area (Å²) < 4.78 is 7.44. The Kier molecular flexibility index (Phi) is 14.1. The van der Waals surface area contributed by atoms with Gasteiger partial charge in [0.05, 0.1) is 6.10 Å². The zero-order valence-electron chi connectivity index (χ0n) is 25.5. The number of hydrogen-bond donors (Lipinski definition) is 0. The maximum atomic E-state index is 7.44. The van der Waals surface area contributed by atoms with E-state index in [1.807, 2.05) is 0 Å². The Hall–Kier alpha value is -1.77. The molecule has 0 bridgehead atoms. The Bertz CT molecular complexity index is 1020. The number of rotatable bonds is 14. The van der Waals surface area contributed by atoms with E-state index in [1.165, 1.54) is 10.6 Å². The van der Waals surface area contributed by atoms with Gasteiger partial charge in [-0.2, -0.15) is 16.4 Å². The molecule has 1 atom stereocenters. The average Bonchev–Trinajstić information content (AvgIpc) is 2.91. The van der Waals surface area contributed by atoms with Crippen LogP contribution in [0.4, 0.5) is 0 Å². The molecule has 39 heavy (non-hydrogen) atoms. The molecule has 3 heteroatoms. The molecule has 0 heterocycles. The minimum atomic E-state index is -1.93. The Labute approximate surface area is 253 Å². The Morgan fingerprint density at radius 1 is 0.692 bits per heavy atom. The summed E-state index contributed by atoms with van der Waals surface area (Å²) >= 11 is -1.93. The van der Waals surface area contributed by atoms with Crippen LogP contribution in [0.3, 0.4) is 0 Å². The van der Waals surface area contributed by atoms with Gasteiger partial charge in [-0.05, 0) is 29.5 Å². The molecule has 0 aromatic heterocycles. The van der Waals surface area contributed by atoms with Crippen molar-refractivity contribution in [2.75, 3.05) is 0 Å². The van der Waals surface area contributed by atoms with Gasteiger partial charge in [-0.15, -0.1) is 6.08 Å². The van der Waals surface area contributed by atoms with Crippen LogP contribution in [0.15, 0.2) is 114 Å². The van der Waals surface area contributed by atoms with Crippen molar-refractivity contribution < 1.29 is 23.6 Å². The van der Waals surface area contributed by atoms with E-state index < -0.39 is 18.7 Å². The number of allylic oxidation sites excluding steroid dienone is 1. The van der Waals surface area contributed by atoms with Crippen LogP contribution in [0.25, 0.3) is 0 Å². The van der Waals surface area contributed by atoms with E-state index in [9.17, 15) is 0 Å². The Balaban J connectivity index is 0.00000533. The Morgan fingerprint density at radius 2 is 1.10 bits per heavy atom. The smallest absolute Gasteiger partial charge is 0.353 e. The monoisotopic (exact) mass is 530 g/mol. The molecule has 0 spiro atoms. The molecular formula is C36H48AlLiO. The van der Waals surface area contributed by atoms with Crippen molar-refractivity contribution in [2.24, 2.45) is 11.8 Å². The van der Waals surface area contributed by atoms with Crippen LogP contribution in [0.5, 0.6) is 0 Å². The molecule has 0 N–H and O–H groups in total. The van der Waals surface area contributed by atoms with Gasteiger partial charge in [-0.1, -0.05) is 150 Å². The summed E-state index contributed by atoms with van der Waals surface area (Å²) in [5.41, 5.74) is 2.75. The topological polar surface area (TPSA) is 9.23 Å². The van der Waals surface area contributed by atoms with E-state index in [4.69, 9.17) is 4.74 Å². The zero-order valence-corrected chi connectivity index (χ0v) is 26.7. The van der Waals surface area contributed by atoms with Crippen molar-refractivity contribution >= 4 is 13.1 Å². The second kappa shape index (κ2) is 16.5. The summed E-state index contributed by atoms with van der Waals surface area (Å²) in [4.78, 5) is 2.63. The van der Waals surface area contributed by atoms with Crippen LogP contribution in [-0.2, 0) is 10.3 Å². The van der Waals surface area contributed by atoms with Crippen molar-refractivity contribution in [1.82, 2.24) is 0 Å². The molecule has 1 unspecified atom stereocenters. The largest absolute Gasteiger partial charge is 1.00 e. The molecule has 0 aliphatic carbocycles. The quantitative estimate of drug-likeness (QED) is 0.122. The van der Waals surface area contributed by atoms with Crippen molar-refractivity contribution in [3.8, 4) is 0 Å². The number of benzene rings is 3. The number of ether oxygens (including phenoxy) is 1. The maximum absolute atomic E-state index is 7.44. The second-order valence-electron chi connectivity index (χ2n) is 12.1. The molecule has 202 valence electrons. The SMILES string of the molecule is CC/C=C\CC(/C=[CH]/[Al-]([CH3])([CH2]C(C)C)[CH2]C(C)C)OC(c1ccccc1)(c1ccccc1)c1ccccc1.[Li+]. The first kappa shape index (κ1) is 33.4. The van der Waals surface area contributed by atoms with E-state index in [0.29, 0.717) is 11.8 Å².